The number of benzene rings is 1. The van der Waals surface area contributed by atoms with Crippen LogP contribution in [0.5, 0.6) is 5.75 Å². The van der Waals surface area contributed by atoms with Gasteiger partial charge >= 0.3 is 0 Å². The average molecular weight is 407 g/mol. The first-order chi connectivity index (χ1) is 9.33. The van der Waals surface area contributed by atoms with E-state index in [9.17, 15) is 0 Å². The van der Waals surface area contributed by atoms with Gasteiger partial charge in [-0.1, -0.05) is 19.8 Å². The second-order valence-corrected chi connectivity index (χ2v) is 7.76. The third-order valence-electron chi connectivity index (χ3n) is 2.88. The van der Waals surface area contributed by atoms with Gasteiger partial charge in [0.1, 0.15) is 5.75 Å². The molecule has 114 valence electrons. The molecule has 0 spiro atoms. The quantitative estimate of drug-likeness (QED) is 0.589. The van der Waals surface area contributed by atoms with Crippen LogP contribution in [-0.2, 0) is 6.54 Å². The summed E-state index contributed by atoms with van der Waals surface area (Å²) >= 11 is 7.21. The molecule has 0 aliphatic heterocycles. The van der Waals surface area contributed by atoms with E-state index >= 15 is 0 Å². The van der Waals surface area contributed by atoms with Crippen LogP contribution in [0.1, 0.15) is 52.5 Å². The van der Waals surface area contributed by atoms with Gasteiger partial charge < -0.3 is 10.1 Å². The van der Waals surface area contributed by atoms with Crippen molar-refractivity contribution in [3.8, 4) is 5.75 Å². The fourth-order valence-electron chi connectivity index (χ4n) is 1.75. The molecule has 0 saturated carbocycles. The van der Waals surface area contributed by atoms with E-state index in [4.69, 9.17) is 4.74 Å². The minimum absolute atomic E-state index is 0.119. The second-order valence-electron chi connectivity index (χ2n) is 6.05. The van der Waals surface area contributed by atoms with Gasteiger partial charge in [-0.15, -0.1) is 0 Å². The summed E-state index contributed by atoms with van der Waals surface area (Å²) in [5, 5.41) is 3.49. The van der Waals surface area contributed by atoms with E-state index in [-0.39, 0.29) is 5.54 Å². The van der Waals surface area contributed by atoms with Gasteiger partial charge in [-0.2, -0.15) is 0 Å². The Hall–Kier alpha value is -0.0600. The summed E-state index contributed by atoms with van der Waals surface area (Å²) in [7, 11) is 0. The van der Waals surface area contributed by atoms with Crippen molar-refractivity contribution in [3.63, 3.8) is 0 Å². The molecule has 1 aromatic carbocycles. The Balaban J connectivity index is 2.66. The van der Waals surface area contributed by atoms with E-state index in [1.807, 2.05) is 0 Å². The van der Waals surface area contributed by atoms with Crippen LogP contribution in [0.4, 0.5) is 0 Å². The van der Waals surface area contributed by atoms with Gasteiger partial charge in [-0.05, 0) is 76.7 Å². The summed E-state index contributed by atoms with van der Waals surface area (Å²) in [6.07, 6.45) is 3.52. The van der Waals surface area contributed by atoms with Crippen LogP contribution in [0, 0.1) is 0 Å². The molecule has 0 aromatic heterocycles. The Morgan fingerprint density at radius 3 is 2.20 bits per heavy atom. The molecule has 0 saturated heterocycles. The maximum atomic E-state index is 5.86. The summed E-state index contributed by atoms with van der Waals surface area (Å²) in [6.45, 7) is 10.3. The molecule has 1 rings (SSSR count). The van der Waals surface area contributed by atoms with Crippen LogP contribution >= 0.6 is 31.9 Å². The van der Waals surface area contributed by atoms with Crippen molar-refractivity contribution in [1.82, 2.24) is 5.32 Å². The lowest BCUT2D eigenvalue weighted by Gasteiger charge is -2.21. The molecule has 0 radical (unpaired) electrons. The average Bonchev–Trinajstić information content (AvgIpc) is 2.34. The normalized spacial score (nSPS) is 11.7. The largest absolute Gasteiger partial charge is 0.491 e. The minimum atomic E-state index is 0.119. The third-order valence-corrected chi connectivity index (χ3v) is 4.05. The number of rotatable bonds is 7. The zero-order valence-electron chi connectivity index (χ0n) is 12.9. The van der Waals surface area contributed by atoms with E-state index in [0.717, 1.165) is 34.3 Å². The maximum absolute atomic E-state index is 5.86. The number of halogens is 2. The van der Waals surface area contributed by atoms with Gasteiger partial charge in [0.15, 0.2) is 0 Å². The Kier molecular flexibility index (Phi) is 7.56. The number of hydrogen-bond acceptors (Lipinski definition) is 2. The number of unbranched alkanes of at least 4 members (excludes halogenated alkanes) is 2. The molecule has 0 aliphatic carbocycles. The van der Waals surface area contributed by atoms with E-state index in [2.05, 4.69) is 77.0 Å². The molecule has 0 bridgehead atoms. The lowest BCUT2D eigenvalue weighted by molar-refractivity contribution is 0.302. The highest BCUT2D eigenvalue weighted by atomic mass is 79.9. The van der Waals surface area contributed by atoms with Crippen molar-refractivity contribution in [2.45, 2.75) is 59.0 Å². The molecule has 0 unspecified atom stereocenters. The summed E-state index contributed by atoms with van der Waals surface area (Å²) < 4.78 is 7.87. The topological polar surface area (TPSA) is 21.3 Å². The molecule has 2 nitrogen and oxygen atoms in total. The van der Waals surface area contributed by atoms with E-state index < -0.39 is 0 Å². The fourth-order valence-corrected chi connectivity index (χ4v) is 3.26. The molecule has 0 amide bonds. The number of nitrogens with one attached hydrogen (secondary N) is 1. The standard InChI is InChI=1S/C16H25Br2NO/c1-5-6-7-8-20-15-13(17)9-12(10-14(15)18)11-19-16(2,3)4/h9-10,19H,5-8,11H2,1-4H3. The highest BCUT2D eigenvalue weighted by Gasteiger charge is 2.12. The molecule has 0 aliphatic rings. The Bertz CT molecular complexity index is 404. The van der Waals surface area contributed by atoms with Crippen LogP contribution in [0.3, 0.4) is 0 Å². The summed E-state index contributed by atoms with van der Waals surface area (Å²) in [5.41, 5.74) is 1.36. The van der Waals surface area contributed by atoms with Crippen molar-refractivity contribution < 1.29 is 4.74 Å². The minimum Gasteiger partial charge on any atom is -0.491 e. The monoisotopic (exact) mass is 405 g/mol. The van der Waals surface area contributed by atoms with E-state index in [1.165, 1.54) is 18.4 Å². The summed E-state index contributed by atoms with van der Waals surface area (Å²) in [6, 6.07) is 4.25. The lowest BCUT2D eigenvalue weighted by atomic mass is 10.1. The Labute approximate surface area is 139 Å². The smallest absolute Gasteiger partial charge is 0.147 e. The van der Waals surface area contributed by atoms with Crippen molar-refractivity contribution >= 4 is 31.9 Å². The Morgan fingerprint density at radius 2 is 1.70 bits per heavy atom. The first kappa shape index (κ1) is 18.0. The lowest BCUT2D eigenvalue weighted by Crippen LogP contribution is -2.35. The molecule has 0 atom stereocenters. The summed E-state index contributed by atoms with van der Waals surface area (Å²) in [5.74, 6) is 0.903. The van der Waals surface area contributed by atoms with Crippen LogP contribution in [0.25, 0.3) is 0 Å². The zero-order chi connectivity index (χ0) is 15.2. The van der Waals surface area contributed by atoms with Gasteiger partial charge in [0.2, 0.25) is 0 Å². The molecule has 4 heteroatoms. The van der Waals surface area contributed by atoms with Crippen molar-refractivity contribution in [1.29, 1.82) is 0 Å². The predicted molar refractivity (Wildman–Crippen MR) is 93.5 cm³/mol. The zero-order valence-corrected chi connectivity index (χ0v) is 16.0. The van der Waals surface area contributed by atoms with Gasteiger partial charge in [-0.3, -0.25) is 0 Å². The van der Waals surface area contributed by atoms with Crippen LogP contribution in [0.2, 0.25) is 0 Å². The highest BCUT2D eigenvalue weighted by Crippen LogP contribution is 2.35. The predicted octanol–water partition coefficient (Wildman–Crippen LogP) is 5.67. The molecule has 0 fully saturated rings. The van der Waals surface area contributed by atoms with Crippen molar-refractivity contribution in [3.05, 3.63) is 26.6 Å². The van der Waals surface area contributed by atoms with Gasteiger partial charge in [0, 0.05) is 12.1 Å². The Morgan fingerprint density at radius 1 is 1.10 bits per heavy atom. The first-order valence-electron chi connectivity index (χ1n) is 7.19. The molecule has 0 heterocycles. The summed E-state index contributed by atoms with van der Waals surface area (Å²) in [4.78, 5) is 0. The molecular formula is C16H25Br2NO. The van der Waals surface area contributed by atoms with Crippen LogP contribution in [-0.4, -0.2) is 12.1 Å². The van der Waals surface area contributed by atoms with Gasteiger partial charge in [0.25, 0.3) is 0 Å². The van der Waals surface area contributed by atoms with Gasteiger partial charge in [0.05, 0.1) is 15.6 Å². The van der Waals surface area contributed by atoms with Crippen LogP contribution < -0.4 is 10.1 Å². The van der Waals surface area contributed by atoms with Gasteiger partial charge in [-0.25, -0.2) is 0 Å². The number of hydrogen-bond donors (Lipinski definition) is 1. The third kappa shape index (κ3) is 6.59. The van der Waals surface area contributed by atoms with Crippen LogP contribution in [0.15, 0.2) is 21.1 Å². The first-order valence-corrected chi connectivity index (χ1v) is 8.78. The van der Waals surface area contributed by atoms with Crippen molar-refractivity contribution in [2.75, 3.05) is 6.61 Å². The maximum Gasteiger partial charge on any atom is 0.147 e. The van der Waals surface area contributed by atoms with Crippen molar-refractivity contribution in [2.24, 2.45) is 0 Å². The highest BCUT2D eigenvalue weighted by molar-refractivity contribution is 9.11. The second kappa shape index (κ2) is 8.40. The van der Waals surface area contributed by atoms with E-state index in [1.54, 1.807) is 0 Å². The molecular weight excluding hydrogens is 382 g/mol. The fraction of sp³-hybridized carbons (Fsp3) is 0.625. The SMILES string of the molecule is CCCCCOc1c(Br)cc(CNC(C)(C)C)cc1Br. The molecule has 1 N–H and O–H groups in total. The molecule has 20 heavy (non-hydrogen) atoms. The van der Waals surface area contributed by atoms with E-state index in [0.29, 0.717) is 0 Å². The number of ether oxygens (including phenoxy) is 1. The molecule has 1 aromatic rings.